The highest BCUT2D eigenvalue weighted by atomic mass is 32.2. The van der Waals surface area contributed by atoms with Gasteiger partial charge in [-0.2, -0.15) is 0 Å². The van der Waals surface area contributed by atoms with Gasteiger partial charge in [0.05, 0.1) is 5.25 Å². The van der Waals surface area contributed by atoms with Crippen molar-refractivity contribution in [2.24, 2.45) is 0 Å². The summed E-state index contributed by atoms with van der Waals surface area (Å²) >= 11 is 0. The smallest absolute Gasteiger partial charge is 0.153 e. The van der Waals surface area contributed by atoms with E-state index in [9.17, 15) is 8.42 Å². The van der Waals surface area contributed by atoms with Gasteiger partial charge in [-0.3, -0.25) is 0 Å². The lowest BCUT2D eigenvalue weighted by Crippen LogP contribution is -2.36. The number of sulfone groups is 1. The highest BCUT2D eigenvalue weighted by Crippen LogP contribution is 2.01. The molecule has 0 fully saturated rings. The Morgan fingerprint density at radius 2 is 1.77 bits per heavy atom. The van der Waals surface area contributed by atoms with Crippen LogP contribution in [0.25, 0.3) is 0 Å². The van der Waals surface area contributed by atoms with Crippen LogP contribution in [-0.4, -0.2) is 32.0 Å². The summed E-state index contributed by atoms with van der Waals surface area (Å²) in [5.74, 6) is 0.232. The van der Waals surface area contributed by atoms with E-state index in [1.165, 1.54) is 0 Å². The second-order valence-corrected chi connectivity index (χ2v) is 6.19. The summed E-state index contributed by atoms with van der Waals surface area (Å²) in [6.45, 7) is 8.15. The molecule has 13 heavy (non-hydrogen) atoms. The number of hydrogen-bond donors (Lipinski definition) is 1. The minimum Gasteiger partial charge on any atom is -0.313 e. The van der Waals surface area contributed by atoms with Crippen molar-refractivity contribution in [3.05, 3.63) is 0 Å². The molecule has 0 amide bonds. The summed E-state index contributed by atoms with van der Waals surface area (Å²) < 4.78 is 22.7. The molecule has 0 aliphatic heterocycles. The van der Waals surface area contributed by atoms with E-state index < -0.39 is 9.84 Å². The molecule has 1 N–H and O–H groups in total. The molecule has 0 aliphatic carbocycles. The summed E-state index contributed by atoms with van der Waals surface area (Å²) in [5, 5.41) is 2.92. The first-order valence-corrected chi connectivity index (χ1v) is 6.60. The normalized spacial score (nSPS) is 16.9. The quantitative estimate of drug-likeness (QED) is 0.712. The molecule has 0 aromatic heterocycles. The van der Waals surface area contributed by atoms with Gasteiger partial charge in [0.1, 0.15) is 0 Å². The van der Waals surface area contributed by atoms with Crippen LogP contribution in [0.2, 0.25) is 0 Å². The fraction of sp³-hybridized carbons (Fsp3) is 1.00. The molecule has 2 atom stereocenters. The summed E-state index contributed by atoms with van der Waals surface area (Å²) in [6, 6.07) is 0.398. The third kappa shape index (κ3) is 4.62. The zero-order chi connectivity index (χ0) is 10.5. The number of hydrogen-bond acceptors (Lipinski definition) is 3. The van der Waals surface area contributed by atoms with Crippen molar-refractivity contribution >= 4 is 9.84 Å². The van der Waals surface area contributed by atoms with Gasteiger partial charge in [0.25, 0.3) is 0 Å². The van der Waals surface area contributed by atoms with Gasteiger partial charge in [-0.25, -0.2) is 8.42 Å². The van der Waals surface area contributed by atoms with Crippen molar-refractivity contribution in [3.8, 4) is 0 Å². The zero-order valence-electron chi connectivity index (χ0n) is 9.00. The van der Waals surface area contributed by atoms with Crippen molar-refractivity contribution in [2.75, 3.05) is 12.3 Å². The average molecular weight is 207 g/mol. The second-order valence-electron chi connectivity index (χ2n) is 3.48. The maximum atomic E-state index is 11.4. The Bertz CT molecular complexity index is 224. The maximum Gasteiger partial charge on any atom is 0.153 e. The molecular weight excluding hydrogens is 186 g/mol. The van der Waals surface area contributed by atoms with Gasteiger partial charge < -0.3 is 5.32 Å². The molecule has 3 nitrogen and oxygen atoms in total. The first-order chi connectivity index (χ1) is 5.94. The van der Waals surface area contributed by atoms with Crippen molar-refractivity contribution in [2.45, 2.75) is 45.4 Å². The van der Waals surface area contributed by atoms with Crippen LogP contribution in [-0.2, 0) is 9.84 Å². The lowest BCUT2D eigenvalue weighted by Gasteiger charge is -2.16. The van der Waals surface area contributed by atoms with Crippen LogP contribution >= 0.6 is 0 Å². The lowest BCUT2D eigenvalue weighted by molar-refractivity contribution is 0.520. The summed E-state index contributed by atoms with van der Waals surface area (Å²) in [5.41, 5.74) is 0. The van der Waals surface area contributed by atoms with Gasteiger partial charge in [0.2, 0.25) is 0 Å². The van der Waals surface area contributed by atoms with Gasteiger partial charge in [-0.1, -0.05) is 13.8 Å². The second kappa shape index (κ2) is 5.60. The van der Waals surface area contributed by atoms with E-state index in [-0.39, 0.29) is 11.0 Å². The van der Waals surface area contributed by atoms with E-state index in [2.05, 4.69) is 19.2 Å². The highest BCUT2D eigenvalue weighted by molar-refractivity contribution is 7.92. The van der Waals surface area contributed by atoms with Gasteiger partial charge in [-0.15, -0.1) is 0 Å². The molecule has 0 aromatic rings. The van der Waals surface area contributed by atoms with E-state index in [1.54, 1.807) is 13.8 Å². The Balaban J connectivity index is 3.95. The molecule has 0 spiro atoms. The van der Waals surface area contributed by atoms with Crippen LogP contribution < -0.4 is 5.32 Å². The molecule has 4 heteroatoms. The zero-order valence-corrected chi connectivity index (χ0v) is 9.82. The molecular formula is C9H21NO2S. The van der Waals surface area contributed by atoms with E-state index in [1.807, 2.05) is 0 Å². The van der Waals surface area contributed by atoms with Crippen LogP contribution in [0.3, 0.4) is 0 Å². The first kappa shape index (κ1) is 12.9. The molecule has 0 saturated carbocycles. The van der Waals surface area contributed by atoms with Crippen LogP contribution in [0, 0.1) is 0 Å². The molecule has 0 radical (unpaired) electrons. The Hall–Kier alpha value is -0.0900. The van der Waals surface area contributed by atoms with Crippen LogP contribution in [0.15, 0.2) is 0 Å². The monoisotopic (exact) mass is 207 g/mol. The van der Waals surface area contributed by atoms with Crippen LogP contribution in [0.1, 0.15) is 34.1 Å². The molecule has 2 unspecified atom stereocenters. The minimum absolute atomic E-state index is 0.232. The Labute approximate surface area is 81.8 Å². The standard InChI is InChI=1S/C9H21NO2S/c1-5-8(3)10-7-9(4)13(11,12)6-2/h8-10H,5-7H2,1-4H3. The molecule has 0 heterocycles. The van der Waals surface area contributed by atoms with Crippen molar-refractivity contribution < 1.29 is 8.42 Å². The highest BCUT2D eigenvalue weighted by Gasteiger charge is 2.18. The number of nitrogens with one attached hydrogen (secondary N) is 1. The van der Waals surface area contributed by atoms with Crippen LogP contribution in [0.4, 0.5) is 0 Å². The molecule has 0 aromatic carbocycles. The van der Waals surface area contributed by atoms with E-state index in [4.69, 9.17) is 0 Å². The van der Waals surface area contributed by atoms with E-state index in [0.717, 1.165) is 6.42 Å². The summed E-state index contributed by atoms with van der Waals surface area (Å²) in [7, 11) is -2.86. The largest absolute Gasteiger partial charge is 0.313 e. The third-order valence-corrected chi connectivity index (χ3v) is 4.58. The number of rotatable bonds is 6. The SMILES string of the molecule is CCC(C)NCC(C)S(=O)(=O)CC. The first-order valence-electron chi connectivity index (χ1n) is 4.89. The van der Waals surface area contributed by atoms with Crippen molar-refractivity contribution in [1.82, 2.24) is 5.32 Å². The van der Waals surface area contributed by atoms with Crippen molar-refractivity contribution in [1.29, 1.82) is 0 Å². The van der Waals surface area contributed by atoms with E-state index >= 15 is 0 Å². The predicted octanol–water partition coefficient (Wildman–Crippen LogP) is 1.20. The van der Waals surface area contributed by atoms with Gasteiger partial charge in [0.15, 0.2) is 9.84 Å². The molecule has 80 valence electrons. The fourth-order valence-corrected chi connectivity index (χ4v) is 1.84. The third-order valence-electron chi connectivity index (χ3n) is 2.38. The molecule has 0 saturated heterocycles. The predicted molar refractivity (Wildman–Crippen MR) is 56.7 cm³/mol. The van der Waals surface area contributed by atoms with Gasteiger partial charge in [-0.05, 0) is 20.3 Å². The van der Waals surface area contributed by atoms with Gasteiger partial charge >= 0.3 is 0 Å². The van der Waals surface area contributed by atoms with Gasteiger partial charge in [0, 0.05) is 18.3 Å². The summed E-state index contributed by atoms with van der Waals surface area (Å²) in [4.78, 5) is 0. The van der Waals surface area contributed by atoms with Crippen molar-refractivity contribution in [3.63, 3.8) is 0 Å². The maximum absolute atomic E-state index is 11.4. The molecule has 0 rings (SSSR count). The fourth-order valence-electron chi connectivity index (χ4n) is 0.923. The molecule has 0 bridgehead atoms. The minimum atomic E-state index is -2.86. The van der Waals surface area contributed by atoms with Crippen LogP contribution in [0.5, 0.6) is 0 Å². The Kier molecular flexibility index (Phi) is 5.56. The van der Waals surface area contributed by atoms with E-state index in [0.29, 0.717) is 12.6 Å². The Morgan fingerprint density at radius 1 is 1.23 bits per heavy atom. The topological polar surface area (TPSA) is 46.2 Å². The average Bonchev–Trinajstić information content (AvgIpc) is 2.13. The molecule has 0 aliphatic rings. The lowest BCUT2D eigenvalue weighted by atomic mass is 10.2. The Morgan fingerprint density at radius 3 is 2.15 bits per heavy atom. The summed E-state index contributed by atoms with van der Waals surface area (Å²) in [6.07, 6.45) is 1.03.